The second kappa shape index (κ2) is 6.02. The van der Waals surface area contributed by atoms with E-state index in [1.807, 2.05) is 0 Å². The van der Waals surface area contributed by atoms with Gasteiger partial charge < -0.3 is 20.3 Å². The molecule has 2 aliphatic rings. The fraction of sp³-hybridized carbons (Fsp3) is 0.474. The fourth-order valence-corrected chi connectivity index (χ4v) is 4.15. The molecule has 1 atom stereocenters. The summed E-state index contributed by atoms with van der Waals surface area (Å²) in [6.07, 6.45) is 3.75. The zero-order valence-electron chi connectivity index (χ0n) is 15.0. The number of pyridine rings is 1. The zero-order chi connectivity index (χ0) is 19.5. The van der Waals surface area contributed by atoms with Crippen molar-refractivity contribution in [1.82, 2.24) is 4.57 Å². The van der Waals surface area contributed by atoms with Gasteiger partial charge in [-0.05, 0) is 38.2 Å². The molecule has 1 aliphatic heterocycles. The van der Waals surface area contributed by atoms with Gasteiger partial charge in [0.25, 0.3) is 0 Å². The number of carbonyl (C=O) groups is 1. The summed E-state index contributed by atoms with van der Waals surface area (Å²) in [6, 6.07) is 0.956. The van der Waals surface area contributed by atoms with Gasteiger partial charge in [0.2, 0.25) is 5.43 Å². The number of carboxylic acids is 1. The smallest absolute Gasteiger partial charge is 0.341 e. The van der Waals surface area contributed by atoms with E-state index in [2.05, 4.69) is 0 Å². The predicted octanol–water partition coefficient (Wildman–Crippen LogP) is 2.32. The molecule has 0 bridgehead atoms. The number of anilines is 1. The highest BCUT2D eigenvalue weighted by Gasteiger charge is 2.48. The Balaban J connectivity index is 1.87. The predicted molar refractivity (Wildman–Crippen MR) is 97.2 cm³/mol. The maximum Gasteiger partial charge on any atom is 0.341 e. The van der Waals surface area contributed by atoms with Gasteiger partial charge in [-0.25, -0.2) is 13.6 Å². The summed E-state index contributed by atoms with van der Waals surface area (Å²) in [5, 5.41) is 8.94. The minimum absolute atomic E-state index is 0.0683. The third kappa shape index (κ3) is 2.70. The lowest BCUT2D eigenvalue weighted by molar-refractivity contribution is 0.0695. The number of aromatic carboxylic acids is 1. The number of hydrogen-bond donors (Lipinski definition) is 2. The van der Waals surface area contributed by atoms with Gasteiger partial charge in [0, 0.05) is 31.4 Å². The van der Waals surface area contributed by atoms with Crippen molar-refractivity contribution in [3.63, 3.8) is 0 Å². The highest BCUT2D eigenvalue weighted by molar-refractivity contribution is 5.93. The summed E-state index contributed by atoms with van der Waals surface area (Å²) < 4.78 is 31.5. The second-order valence-corrected chi connectivity index (χ2v) is 7.54. The van der Waals surface area contributed by atoms with Crippen molar-refractivity contribution in [3.05, 3.63) is 39.7 Å². The van der Waals surface area contributed by atoms with Gasteiger partial charge in [-0.2, -0.15) is 0 Å². The molecule has 2 heterocycles. The minimum atomic E-state index is -1.42. The van der Waals surface area contributed by atoms with Crippen LogP contribution in [0.3, 0.4) is 0 Å². The van der Waals surface area contributed by atoms with E-state index in [1.54, 1.807) is 11.8 Å². The minimum Gasteiger partial charge on any atom is -0.477 e. The van der Waals surface area contributed by atoms with Crippen LogP contribution in [0.1, 0.15) is 36.5 Å². The van der Waals surface area contributed by atoms with E-state index in [1.165, 1.54) is 4.57 Å². The number of carboxylic acid groups (broad SMARTS) is 1. The SMILES string of the molecule is CCn1cc(C(=O)O)c(=O)c2cc(F)c(N3CCC(C4(N)CC4)C3)c(F)c21. The van der Waals surface area contributed by atoms with Crippen LogP contribution in [0.2, 0.25) is 0 Å². The number of aromatic nitrogens is 1. The topological polar surface area (TPSA) is 88.6 Å². The van der Waals surface area contributed by atoms with Crippen molar-refractivity contribution in [3.8, 4) is 0 Å². The standard InChI is InChI=1S/C19H21F2N3O3/c1-2-23-9-12(18(26)27)17(25)11-7-13(20)16(14(21)15(11)23)24-6-3-10(8-24)19(22)4-5-19/h7,9-10H,2-6,8,22H2,1H3,(H,26,27). The Morgan fingerprint density at radius 1 is 1.41 bits per heavy atom. The molecular formula is C19H21F2N3O3. The van der Waals surface area contributed by atoms with Crippen LogP contribution in [0.5, 0.6) is 0 Å². The third-order valence-electron chi connectivity index (χ3n) is 5.95. The van der Waals surface area contributed by atoms with Crippen molar-refractivity contribution >= 4 is 22.6 Å². The molecule has 144 valence electrons. The summed E-state index contributed by atoms with van der Waals surface area (Å²) in [4.78, 5) is 25.4. The van der Waals surface area contributed by atoms with Crippen molar-refractivity contribution in [2.45, 2.75) is 38.3 Å². The number of halogens is 2. The molecule has 2 fully saturated rings. The third-order valence-corrected chi connectivity index (χ3v) is 5.95. The number of fused-ring (bicyclic) bond motifs is 1. The Morgan fingerprint density at radius 2 is 2.11 bits per heavy atom. The number of aryl methyl sites for hydroxylation is 1. The van der Waals surface area contributed by atoms with Crippen LogP contribution in [-0.2, 0) is 6.54 Å². The van der Waals surface area contributed by atoms with Crippen molar-refractivity contribution in [1.29, 1.82) is 0 Å². The molecule has 4 rings (SSSR count). The van der Waals surface area contributed by atoms with Gasteiger partial charge in [0.1, 0.15) is 17.1 Å². The molecule has 1 aromatic carbocycles. The zero-order valence-corrected chi connectivity index (χ0v) is 15.0. The monoisotopic (exact) mass is 377 g/mol. The van der Waals surface area contributed by atoms with E-state index in [4.69, 9.17) is 5.73 Å². The quantitative estimate of drug-likeness (QED) is 0.854. The van der Waals surface area contributed by atoms with Crippen molar-refractivity contribution in [2.75, 3.05) is 18.0 Å². The second-order valence-electron chi connectivity index (χ2n) is 7.54. The van der Waals surface area contributed by atoms with Gasteiger partial charge >= 0.3 is 5.97 Å². The first-order valence-electron chi connectivity index (χ1n) is 9.09. The van der Waals surface area contributed by atoms with E-state index in [0.717, 1.165) is 31.5 Å². The molecule has 6 nitrogen and oxygen atoms in total. The normalized spacial score (nSPS) is 21.0. The number of hydrogen-bond acceptors (Lipinski definition) is 4. The molecule has 0 amide bonds. The highest BCUT2D eigenvalue weighted by atomic mass is 19.1. The largest absolute Gasteiger partial charge is 0.477 e. The number of benzene rings is 1. The first kappa shape index (κ1) is 17.9. The van der Waals surface area contributed by atoms with E-state index in [0.29, 0.717) is 13.1 Å². The fourth-order valence-electron chi connectivity index (χ4n) is 4.15. The van der Waals surface area contributed by atoms with Gasteiger partial charge in [-0.3, -0.25) is 4.79 Å². The summed E-state index contributed by atoms with van der Waals surface area (Å²) in [6.45, 7) is 2.91. The lowest BCUT2D eigenvalue weighted by Crippen LogP contribution is -2.35. The number of rotatable bonds is 4. The van der Waals surface area contributed by atoms with Crippen molar-refractivity contribution < 1.29 is 18.7 Å². The first-order chi connectivity index (χ1) is 12.8. The molecule has 8 heteroatoms. The number of nitrogens with two attached hydrogens (primary N) is 1. The van der Waals surface area contributed by atoms with Crippen LogP contribution >= 0.6 is 0 Å². The van der Waals surface area contributed by atoms with Crippen molar-refractivity contribution in [2.24, 2.45) is 11.7 Å². The molecule has 1 unspecified atom stereocenters. The molecule has 1 saturated heterocycles. The lowest BCUT2D eigenvalue weighted by atomic mass is 9.97. The van der Waals surface area contributed by atoms with Gasteiger partial charge in [-0.1, -0.05) is 0 Å². The van der Waals surface area contributed by atoms with E-state index in [-0.39, 0.29) is 34.6 Å². The highest BCUT2D eigenvalue weighted by Crippen LogP contribution is 2.45. The number of nitrogens with zero attached hydrogens (tertiary/aromatic N) is 2. The van der Waals surface area contributed by atoms with E-state index in [9.17, 15) is 19.1 Å². The molecule has 1 aliphatic carbocycles. The Hall–Kier alpha value is -2.48. The summed E-state index contributed by atoms with van der Waals surface area (Å²) in [5.74, 6) is -2.92. The summed E-state index contributed by atoms with van der Waals surface area (Å²) in [5.41, 5.74) is 4.41. The summed E-state index contributed by atoms with van der Waals surface area (Å²) in [7, 11) is 0. The Bertz CT molecular complexity index is 1010. The molecule has 0 spiro atoms. The maximum absolute atomic E-state index is 15.4. The first-order valence-corrected chi connectivity index (χ1v) is 9.09. The molecule has 27 heavy (non-hydrogen) atoms. The van der Waals surface area contributed by atoms with Crippen LogP contribution in [0, 0.1) is 17.6 Å². The summed E-state index contributed by atoms with van der Waals surface area (Å²) >= 11 is 0. The van der Waals surface area contributed by atoms with Gasteiger partial charge in [0.15, 0.2) is 5.82 Å². The molecule has 3 N–H and O–H groups in total. The average molecular weight is 377 g/mol. The van der Waals surface area contributed by atoms with Crippen LogP contribution in [0.15, 0.2) is 17.1 Å². The van der Waals surface area contributed by atoms with Crippen LogP contribution in [-0.4, -0.2) is 34.3 Å². The maximum atomic E-state index is 15.4. The molecule has 0 radical (unpaired) electrons. The molecule has 1 saturated carbocycles. The van der Waals surface area contributed by atoms with Gasteiger partial charge in [0.05, 0.1) is 10.9 Å². The van der Waals surface area contributed by atoms with Crippen LogP contribution < -0.4 is 16.1 Å². The van der Waals surface area contributed by atoms with Crippen LogP contribution in [0.25, 0.3) is 10.9 Å². The average Bonchev–Trinajstić information content (AvgIpc) is 3.17. The van der Waals surface area contributed by atoms with E-state index >= 15 is 4.39 Å². The van der Waals surface area contributed by atoms with E-state index < -0.39 is 28.6 Å². The van der Waals surface area contributed by atoms with Crippen LogP contribution in [0.4, 0.5) is 14.5 Å². The Labute approximate surface area is 154 Å². The molecule has 1 aromatic heterocycles. The molecule has 2 aromatic rings. The Morgan fingerprint density at radius 3 is 2.70 bits per heavy atom. The molecular weight excluding hydrogens is 356 g/mol. The van der Waals surface area contributed by atoms with Gasteiger partial charge in [-0.15, -0.1) is 0 Å². The lowest BCUT2D eigenvalue weighted by Gasteiger charge is -2.23. The Kier molecular flexibility index (Phi) is 3.99.